The Kier molecular flexibility index (Phi) is 5.35. The Morgan fingerprint density at radius 2 is 2.08 bits per heavy atom. The number of carboxylic acid groups (broad SMARTS) is 1. The summed E-state index contributed by atoms with van der Waals surface area (Å²) in [5, 5.41) is 18.6. The molecular weight excluding hydrogens is 160 g/mol. The van der Waals surface area contributed by atoms with E-state index in [0.717, 1.165) is 0 Å². The van der Waals surface area contributed by atoms with E-state index in [0.29, 0.717) is 6.42 Å². The van der Waals surface area contributed by atoms with E-state index in [2.05, 4.69) is 5.32 Å². The van der Waals surface area contributed by atoms with E-state index in [-0.39, 0.29) is 25.3 Å². The molecule has 0 fully saturated rings. The first kappa shape index (κ1) is 10.4. The first-order valence-corrected chi connectivity index (χ1v) is 3.52. The molecule has 0 aromatic heterocycles. The van der Waals surface area contributed by atoms with E-state index in [1.807, 2.05) is 0 Å². The minimum Gasteiger partial charge on any atom is -0.481 e. The number of carbonyl (C=O) groups excluding carboxylic acids is 1. The molecule has 0 bridgehead atoms. The summed E-state index contributed by atoms with van der Waals surface area (Å²) >= 11 is 0. The van der Waals surface area contributed by atoms with Crippen molar-refractivity contribution in [2.45, 2.75) is 19.3 Å². The van der Waals surface area contributed by atoms with Crippen LogP contribution in [-0.4, -0.2) is 23.5 Å². The van der Waals surface area contributed by atoms with E-state index in [4.69, 9.17) is 10.4 Å². The summed E-state index contributed by atoms with van der Waals surface area (Å²) in [5.74, 6) is -1.19. The molecule has 0 aliphatic carbocycles. The normalized spacial score (nSPS) is 8.58. The van der Waals surface area contributed by atoms with Crippen molar-refractivity contribution in [3.63, 3.8) is 0 Å². The van der Waals surface area contributed by atoms with Crippen LogP contribution in [0.15, 0.2) is 0 Å². The lowest BCUT2D eigenvalue weighted by Gasteiger charge is -1.97. The van der Waals surface area contributed by atoms with Crippen molar-refractivity contribution in [1.82, 2.24) is 5.32 Å². The molecule has 0 atom stereocenters. The van der Waals surface area contributed by atoms with Gasteiger partial charge in [-0.25, -0.2) is 0 Å². The highest BCUT2D eigenvalue weighted by Gasteiger charge is 2.01. The van der Waals surface area contributed by atoms with Crippen molar-refractivity contribution in [3.05, 3.63) is 0 Å². The molecule has 2 N–H and O–H groups in total. The zero-order valence-electron chi connectivity index (χ0n) is 6.54. The summed E-state index contributed by atoms with van der Waals surface area (Å²) in [6.07, 6.45) is 0.459. The van der Waals surface area contributed by atoms with Gasteiger partial charge in [0, 0.05) is 12.8 Å². The van der Waals surface area contributed by atoms with Crippen LogP contribution in [0.25, 0.3) is 0 Å². The maximum atomic E-state index is 10.7. The minimum atomic E-state index is -0.914. The van der Waals surface area contributed by atoms with Gasteiger partial charge in [-0.2, -0.15) is 5.26 Å². The summed E-state index contributed by atoms with van der Waals surface area (Å²) in [6.45, 7) is -0.0219. The summed E-state index contributed by atoms with van der Waals surface area (Å²) in [6, 6.07) is 1.75. The van der Waals surface area contributed by atoms with Crippen LogP contribution in [0.5, 0.6) is 0 Å². The smallest absolute Gasteiger partial charge is 0.303 e. The van der Waals surface area contributed by atoms with Gasteiger partial charge in [-0.05, 0) is 6.42 Å². The highest BCUT2D eigenvalue weighted by atomic mass is 16.4. The predicted molar refractivity (Wildman–Crippen MR) is 40.1 cm³/mol. The number of nitrogens with zero attached hydrogens (tertiary/aromatic N) is 1. The van der Waals surface area contributed by atoms with Gasteiger partial charge < -0.3 is 10.4 Å². The van der Waals surface area contributed by atoms with Gasteiger partial charge in [-0.1, -0.05) is 0 Å². The second-order valence-electron chi connectivity index (χ2n) is 2.18. The van der Waals surface area contributed by atoms with Crippen molar-refractivity contribution < 1.29 is 14.7 Å². The molecule has 0 spiro atoms. The number of rotatable bonds is 5. The molecule has 0 aliphatic heterocycles. The fourth-order valence-corrected chi connectivity index (χ4v) is 0.627. The average molecular weight is 170 g/mol. The lowest BCUT2D eigenvalue weighted by atomic mass is 10.2. The quantitative estimate of drug-likeness (QED) is 0.563. The molecule has 66 valence electrons. The van der Waals surface area contributed by atoms with Gasteiger partial charge in [0.25, 0.3) is 0 Å². The van der Waals surface area contributed by atoms with Gasteiger partial charge >= 0.3 is 5.97 Å². The molecule has 5 nitrogen and oxygen atoms in total. The molecule has 0 aliphatic rings. The van der Waals surface area contributed by atoms with Crippen molar-refractivity contribution in [1.29, 1.82) is 5.26 Å². The fraction of sp³-hybridized carbons (Fsp3) is 0.571. The van der Waals surface area contributed by atoms with Gasteiger partial charge in [0.05, 0.1) is 6.07 Å². The molecule has 0 saturated heterocycles. The first-order valence-electron chi connectivity index (χ1n) is 3.52. The Balaban J connectivity index is 3.33. The lowest BCUT2D eigenvalue weighted by Crippen LogP contribution is -2.23. The molecule has 0 aromatic carbocycles. The van der Waals surface area contributed by atoms with Crippen molar-refractivity contribution >= 4 is 11.9 Å². The fourth-order valence-electron chi connectivity index (χ4n) is 0.627. The number of nitrogens with one attached hydrogen (secondary N) is 1. The van der Waals surface area contributed by atoms with Gasteiger partial charge in [0.15, 0.2) is 0 Å². The van der Waals surface area contributed by atoms with Crippen LogP contribution in [0.4, 0.5) is 0 Å². The van der Waals surface area contributed by atoms with E-state index in [9.17, 15) is 9.59 Å². The Morgan fingerprint density at radius 3 is 2.58 bits per heavy atom. The van der Waals surface area contributed by atoms with Crippen molar-refractivity contribution in [3.8, 4) is 6.07 Å². The van der Waals surface area contributed by atoms with Crippen molar-refractivity contribution in [2.24, 2.45) is 0 Å². The number of hydrogen-bond donors (Lipinski definition) is 2. The zero-order valence-corrected chi connectivity index (χ0v) is 6.54. The van der Waals surface area contributed by atoms with Gasteiger partial charge in [0.2, 0.25) is 5.91 Å². The topological polar surface area (TPSA) is 90.2 Å². The van der Waals surface area contributed by atoms with Crippen LogP contribution in [0.1, 0.15) is 19.3 Å². The highest BCUT2D eigenvalue weighted by molar-refractivity contribution is 5.76. The molecule has 12 heavy (non-hydrogen) atoms. The van der Waals surface area contributed by atoms with E-state index in [1.165, 1.54) is 0 Å². The molecule has 0 aromatic rings. The number of carbonyl (C=O) groups is 2. The monoisotopic (exact) mass is 170 g/mol. The third kappa shape index (κ3) is 6.55. The standard InChI is InChI=1S/C7H10N2O3/c8-4-5-9-6(10)2-1-3-7(11)12/h1-3,5H2,(H,9,10)(H,11,12). The van der Waals surface area contributed by atoms with Crippen LogP contribution >= 0.6 is 0 Å². The number of aliphatic carboxylic acids is 1. The first-order chi connectivity index (χ1) is 5.66. The summed E-state index contributed by atoms with van der Waals surface area (Å²) in [5.41, 5.74) is 0. The van der Waals surface area contributed by atoms with Crippen LogP contribution in [0.3, 0.4) is 0 Å². The molecule has 5 heteroatoms. The second-order valence-corrected chi connectivity index (χ2v) is 2.18. The van der Waals surface area contributed by atoms with Crippen molar-refractivity contribution in [2.75, 3.05) is 6.54 Å². The minimum absolute atomic E-state index is 0.0139. The number of amides is 1. The Labute approximate surface area is 70.0 Å². The maximum absolute atomic E-state index is 10.7. The van der Waals surface area contributed by atoms with Gasteiger partial charge in [0.1, 0.15) is 6.54 Å². The summed E-state index contributed by atoms with van der Waals surface area (Å²) in [4.78, 5) is 20.7. The van der Waals surface area contributed by atoms with E-state index >= 15 is 0 Å². The second kappa shape index (κ2) is 6.16. The van der Waals surface area contributed by atoms with E-state index < -0.39 is 5.97 Å². The lowest BCUT2D eigenvalue weighted by molar-refractivity contribution is -0.137. The Bertz CT molecular complexity index is 207. The van der Waals surface area contributed by atoms with Gasteiger partial charge in [-0.3, -0.25) is 9.59 Å². The van der Waals surface area contributed by atoms with Crippen LogP contribution in [0, 0.1) is 11.3 Å². The molecule has 0 saturated carbocycles. The molecule has 1 amide bonds. The van der Waals surface area contributed by atoms with E-state index in [1.54, 1.807) is 6.07 Å². The Hall–Kier alpha value is -1.57. The molecule has 0 rings (SSSR count). The zero-order chi connectivity index (χ0) is 9.40. The third-order valence-corrected chi connectivity index (χ3v) is 1.16. The third-order valence-electron chi connectivity index (χ3n) is 1.16. The molecule has 0 heterocycles. The largest absolute Gasteiger partial charge is 0.481 e. The molecule has 0 unspecified atom stereocenters. The summed E-state index contributed by atoms with van der Waals surface area (Å²) < 4.78 is 0. The SMILES string of the molecule is N#CCNC(=O)CCCC(=O)O. The maximum Gasteiger partial charge on any atom is 0.303 e. The molecular formula is C7H10N2O3. The van der Waals surface area contributed by atoms with Crippen LogP contribution in [0.2, 0.25) is 0 Å². The van der Waals surface area contributed by atoms with Crippen LogP contribution < -0.4 is 5.32 Å². The number of nitriles is 1. The summed E-state index contributed by atoms with van der Waals surface area (Å²) in [7, 11) is 0. The van der Waals surface area contributed by atoms with Crippen LogP contribution in [-0.2, 0) is 9.59 Å². The predicted octanol–water partition coefficient (Wildman–Crippen LogP) is -0.119. The highest BCUT2D eigenvalue weighted by Crippen LogP contribution is 1.94. The average Bonchev–Trinajstić information content (AvgIpc) is 2.00. The number of carboxylic acids is 1. The number of hydrogen-bond acceptors (Lipinski definition) is 3. The molecule has 0 radical (unpaired) electrons. The van der Waals surface area contributed by atoms with Gasteiger partial charge in [-0.15, -0.1) is 0 Å². The Morgan fingerprint density at radius 1 is 1.42 bits per heavy atom.